The van der Waals surface area contributed by atoms with Gasteiger partial charge in [-0.15, -0.1) is 11.6 Å². The fourth-order valence-corrected chi connectivity index (χ4v) is 1.88. The second-order valence-electron chi connectivity index (χ2n) is 4.37. The van der Waals surface area contributed by atoms with Crippen LogP contribution in [0, 0.1) is 0 Å². The van der Waals surface area contributed by atoms with E-state index >= 15 is 0 Å². The zero-order valence-corrected chi connectivity index (χ0v) is 11.2. The summed E-state index contributed by atoms with van der Waals surface area (Å²) < 4.78 is 5.66. The second kappa shape index (κ2) is 5.93. The summed E-state index contributed by atoms with van der Waals surface area (Å²) in [5.74, 6) is 0.329. The van der Waals surface area contributed by atoms with Gasteiger partial charge in [-0.25, -0.2) is 4.79 Å². The first-order valence-electron chi connectivity index (χ1n) is 6.03. The summed E-state index contributed by atoms with van der Waals surface area (Å²) >= 11 is 5.54. The van der Waals surface area contributed by atoms with Crippen molar-refractivity contribution in [1.82, 2.24) is 10.6 Å². The minimum atomic E-state index is -0.738. The predicted octanol–water partition coefficient (Wildman–Crippen LogP) is 1.44. The molecule has 1 heterocycles. The zero-order valence-electron chi connectivity index (χ0n) is 10.5. The van der Waals surface area contributed by atoms with E-state index in [2.05, 4.69) is 10.6 Å². The monoisotopic (exact) mass is 282 g/mol. The molecule has 1 aliphatic heterocycles. The first kappa shape index (κ1) is 13.7. The molecule has 5 nitrogen and oxygen atoms in total. The number of para-hydroxylation sites is 1. The summed E-state index contributed by atoms with van der Waals surface area (Å²) in [7, 11) is 0. The van der Waals surface area contributed by atoms with Gasteiger partial charge in [-0.3, -0.25) is 10.1 Å². The maximum Gasteiger partial charge on any atom is 0.321 e. The number of nitrogens with one attached hydrogen (secondary N) is 2. The SMILES string of the molecule is CC(Cl)C(=O)NC(=O)NCC1Cc2ccccc2O1. The van der Waals surface area contributed by atoms with Crippen molar-refractivity contribution in [3.63, 3.8) is 0 Å². The van der Waals surface area contributed by atoms with Crippen molar-refractivity contribution >= 4 is 23.5 Å². The van der Waals surface area contributed by atoms with Crippen LogP contribution in [0.5, 0.6) is 5.75 Å². The first-order valence-corrected chi connectivity index (χ1v) is 6.47. The number of carbonyl (C=O) groups is 2. The molecule has 2 unspecified atom stereocenters. The van der Waals surface area contributed by atoms with E-state index in [0.29, 0.717) is 6.54 Å². The van der Waals surface area contributed by atoms with E-state index < -0.39 is 17.3 Å². The standard InChI is InChI=1S/C13H15ClN2O3/c1-8(14)12(17)16-13(18)15-7-10-6-9-4-2-3-5-11(9)19-10/h2-5,8,10H,6-7H2,1H3,(H2,15,16,17,18). The molecule has 2 rings (SSSR count). The van der Waals surface area contributed by atoms with Crippen LogP contribution in [-0.4, -0.2) is 30.0 Å². The third-order valence-corrected chi connectivity index (χ3v) is 3.00. The lowest BCUT2D eigenvalue weighted by atomic mass is 10.1. The van der Waals surface area contributed by atoms with Gasteiger partial charge in [0.2, 0.25) is 5.91 Å². The Bertz CT molecular complexity index is 466. The van der Waals surface area contributed by atoms with Gasteiger partial charge in [0.1, 0.15) is 17.2 Å². The number of alkyl halides is 1. The molecule has 3 amide bonds. The molecular formula is C13H15ClN2O3. The highest BCUT2D eigenvalue weighted by Gasteiger charge is 2.23. The topological polar surface area (TPSA) is 67.4 Å². The number of fused-ring (bicyclic) bond motifs is 1. The van der Waals surface area contributed by atoms with E-state index in [4.69, 9.17) is 16.3 Å². The molecule has 19 heavy (non-hydrogen) atoms. The molecule has 0 aromatic heterocycles. The summed E-state index contributed by atoms with van der Waals surface area (Å²) in [6, 6.07) is 7.19. The number of hydrogen-bond donors (Lipinski definition) is 2. The lowest BCUT2D eigenvalue weighted by molar-refractivity contribution is -0.119. The van der Waals surface area contributed by atoms with Gasteiger partial charge in [-0.1, -0.05) is 18.2 Å². The maximum absolute atomic E-state index is 11.4. The Kier molecular flexibility index (Phi) is 4.27. The average molecular weight is 283 g/mol. The summed E-state index contributed by atoms with van der Waals surface area (Å²) in [4.78, 5) is 22.6. The van der Waals surface area contributed by atoms with Crippen LogP contribution in [0.25, 0.3) is 0 Å². The van der Waals surface area contributed by atoms with Gasteiger partial charge >= 0.3 is 6.03 Å². The molecule has 2 atom stereocenters. The smallest absolute Gasteiger partial charge is 0.321 e. The fraction of sp³-hybridized carbons (Fsp3) is 0.385. The number of halogens is 1. The van der Waals surface area contributed by atoms with Crippen LogP contribution >= 0.6 is 11.6 Å². The van der Waals surface area contributed by atoms with Crippen LogP contribution < -0.4 is 15.4 Å². The van der Waals surface area contributed by atoms with Gasteiger partial charge in [0.05, 0.1) is 6.54 Å². The van der Waals surface area contributed by atoms with Crippen molar-refractivity contribution in [3.05, 3.63) is 29.8 Å². The molecule has 0 radical (unpaired) electrons. The van der Waals surface area contributed by atoms with Gasteiger partial charge in [-0.2, -0.15) is 0 Å². The van der Waals surface area contributed by atoms with Gasteiger partial charge in [-0.05, 0) is 18.6 Å². The molecule has 0 saturated carbocycles. The summed E-state index contributed by atoms with van der Waals surface area (Å²) in [5.41, 5.74) is 1.13. The van der Waals surface area contributed by atoms with E-state index in [-0.39, 0.29) is 6.10 Å². The first-order chi connectivity index (χ1) is 9.06. The summed E-state index contributed by atoms with van der Waals surface area (Å²) in [5, 5.41) is 4.00. The van der Waals surface area contributed by atoms with Crippen LogP contribution in [0.1, 0.15) is 12.5 Å². The minimum absolute atomic E-state index is 0.105. The third-order valence-electron chi connectivity index (χ3n) is 2.80. The third kappa shape index (κ3) is 3.61. The van der Waals surface area contributed by atoms with E-state index in [1.807, 2.05) is 24.3 Å². The number of imide groups is 1. The summed E-state index contributed by atoms with van der Waals surface area (Å²) in [6.07, 6.45) is 0.641. The Hall–Kier alpha value is -1.75. The molecule has 0 fully saturated rings. The van der Waals surface area contributed by atoms with Crippen molar-refractivity contribution < 1.29 is 14.3 Å². The highest BCUT2D eigenvalue weighted by atomic mass is 35.5. The summed E-state index contributed by atoms with van der Waals surface area (Å²) in [6.45, 7) is 1.84. The number of urea groups is 1. The number of rotatable bonds is 3. The zero-order chi connectivity index (χ0) is 13.8. The lowest BCUT2D eigenvalue weighted by Crippen LogP contribution is -2.45. The predicted molar refractivity (Wildman–Crippen MR) is 71.4 cm³/mol. The highest BCUT2D eigenvalue weighted by Crippen LogP contribution is 2.27. The fourth-order valence-electron chi connectivity index (χ4n) is 1.83. The molecule has 1 aromatic rings. The van der Waals surface area contributed by atoms with Crippen molar-refractivity contribution in [3.8, 4) is 5.75 Å². The molecule has 102 valence electrons. The van der Waals surface area contributed by atoms with Gasteiger partial charge < -0.3 is 10.1 Å². The normalized spacial score (nSPS) is 18.1. The van der Waals surface area contributed by atoms with Gasteiger partial charge in [0.25, 0.3) is 0 Å². The van der Waals surface area contributed by atoms with Crippen LogP contribution in [-0.2, 0) is 11.2 Å². The van der Waals surface area contributed by atoms with E-state index in [0.717, 1.165) is 17.7 Å². The van der Waals surface area contributed by atoms with Crippen molar-refractivity contribution in [2.45, 2.75) is 24.8 Å². The van der Waals surface area contributed by atoms with Crippen LogP contribution in [0.3, 0.4) is 0 Å². The van der Waals surface area contributed by atoms with Crippen molar-refractivity contribution in [1.29, 1.82) is 0 Å². The molecule has 1 aliphatic rings. The van der Waals surface area contributed by atoms with Crippen LogP contribution in [0.15, 0.2) is 24.3 Å². The van der Waals surface area contributed by atoms with Gasteiger partial charge in [0.15, 0.2) is 0 Å². The van der Waals surface area contributed by atoms with Crippen molar-refractivity contribution in [2.24, 2.45) is 0 Å². The molecule has 0 aliphatic carbocycles. The lowest BCUT2D eigenvalue weighted by Gasteiger charge is -2.12. The Morgan fingerprint density at radius 1 is 1.47 bits per heavy atom. The molecule has 0 spiro atoms. The molecule has 1 aromatic carbocycles. The largest absolute Gasteiger partial charge is 0.488 e. The Labute approximate surface area is 116 Å². The van der Waals surface area contributed by atoms with E-state index in [1.165, 1.54) is 6.92 Å². The Morgan fingerprint density at radius 2 is 2.21 bits per heavy atom. The molecule has 2 N–H and O–H groups in total. The Morgan fingerprint density at radius 3 is 2.89 bits per heavy atom. The molecule has 6 heteroatoms. The van der Waals surface area contributed by atoms with E-state index in [9.17, 15) is 9.59 Å². The number of amides is 3. The minimum Gasteiger partial charge on any atom is -0.488 e. The number of ether oxygens (including phenoxy) is 1. The second-order valence-corrected chi connectivity index (χ2v) is 5.02. The Balaban J connectivity index is 1.76. The number of hydrogen-bond acceptors (Lipinski definition) is 3. The quantitative estimate of drug-likeness (QED) is 0.825. The van der Waals surface area contributed by atoms with Crippen LogP contribution in [0.2, 0.25) is 0 Å². The van der Waals surface area contributed by atoms with Crippen LogP contribution in [0.4, 0.5) is 4.79 Å². The van der Waals surface area contributed by atoms with Gasteiger partial charge in [0, 0.05) is 6.42 Å². The number of carbonyl (C=O) groups excluding carboxylic acids is 2. The molecule has 0 saturated heterocycles. The highest BCUT2D eigenvalue weighted by molar-refractivity contribution is 6.31. The van der Waals surface area contributed by atoms with Crippen molar-refractivity contribution in [2.75, 3.05) is 6.54 Å². The number of benzene rings is 1. The maximum atomic E-state index is 11.4. The molecular weight excluding hydrogens is 268 g/mol. The molecule has 0 bridgehead atoms. The van der Waals surface area contributed by atoms with E-state index in [1.54, 1.807) is 0 Å². The average Bonchev–Trinajstić information content (AvgIpc) is 2.78.